The monoisotopic (exact) mass is 935 g/mol. The van der Waals surface area contributed by atoms with E-state index in [4.69, 9.17) is 0 Å². The average molecular weight is 936 g/mol. The third-order valence-corrected chi connectivity index (χ3v) is 10.1. The van der Waals surface area contributed by atoms with E-state index in [9.17, 15) is 120 Å². The van der Waals surface area contributed by atoms with Crippen molar-refractivity contribution in [2.24, 2.45) is 17.8 Å². The van der Waals surface area contributed by atoms with Crippen molar-refractivity contribution in [1.82, 2.24) is 16.0 Å². The lowest BCUT2D eigenvalue weighted by atomic mass is 9.85. The maximum Gasteiger partial charge on any atom is 0.327 e. The predicted octanol–water partition coefficient (Wildman–Crippen LogP) is -9.23. The van der Waals surface area contributed by atoms with E-state index in [1.807, 2.05) is 16.0 Å². The van der Waals surface area contributed by atoms with Gasteiger partial charge in [0.05, 0.1) is 80.8 Å². The van der Waals surface area contributed by atoms with E-state index in [2.05, 4.69) is 12.6 Å². The summed E-state index contributed by atoms with van der Waals surface area (Å²) in [5.74, 6) is -21.3. The quantitative estimate of drug-likeness (QED) is 0.0272. The Labute approximate surface area is 362 Å². The molecule has 0 aromatic carbocycles. The van der Waals surface area contributed by atoms with E-state index in [1.165, 1.54) is 6.92 Å². The van der Waals surface area contributed by atoms with E-state index in [0.29, 0.717) is 0 Å². The molecule has 0 spiro atoms. The van der Waals surface area contributed by atoms with E-state index in [0.717, 1.165) is 0 Å². The summed E-state index contributed by atoms with van der Waals surface area (Å²) in [6.07, 6.45) is -28.0. The van der Waals surface area contributed by atoms with Crippen molar-refractivity contribution in [1.29, 1.82) is 0 Å². The zero-order valence-corrected chi connectivity index (χ0v) is 34.5. The molecule has 18 N–H and O–H groups in total. The van der Waals surface area contributed by atoms with Crippen molar-refractivity contribution < 1.29 is 120 Å². The molecule has 0 unspecified atom stereocenters. The summed E-state index contributed by atoms with van der Waals surface area (Å²) in [4.78, 5) is 115. The van der Waals surface area contributed by atoms with Crippen LogP contribution in [0, 0.1) is 17.8 Å². The summed E-state index contributed by atoms with van der Waals surface area (Å²) >= 11 is 3.75. The zero-order valence-electron chi connectivity index (χ0n) is 33.6. The van der Waals surface area contributed by atoms with Gasteiger partial charge in [-0.1, -0.05) is 6.92 Å². The number of carboxylic acid groups (broad SMARTS) is 3. The van der Waals surface area contributed by atoms with Gasteiger partial charge in [0.25, 0.3) is 0 Å². The average Bonchev–Trinajstić information content (AvgIpc) is 3.24. The molecule has 3 amide bonds. The highest BCUT2D eigenvalue weighted by Gasteiger charge is 2.44. The van der Waals surface area contributed by atoms with Crippen LogP contribution in [0.2, 0.25) is 0 Å². The standard InChI is InChI=1S/C35H57N3O24S/c1-2-12(42)3-13(26(52)29(55)21(45)8-39)32(58)36-16(6-24(48)49)19(43)4-14(27(53)30(56)22(46)9-40)33(59)37-17(7-25(50)51)20(44)5-15(28(54)31(57)23(47)10-41)34(60)38-18(11-63)35(61)62/h13-18,21-23,26-31,39-41,45-47,52-57,63H,2-11H2,1H3,(H,36,58)(H,37,59)(H,38,60)(H,48,49)(H,50,51)(H,61,62)/t13-,14-,15-,16-,17-,18+,21+,22+,23+,26+,27+,28+,29+,30+,31+/m0/s1. The van der Waals surface area contributed by atoms with Crippen molar-refractivity contribution in [3.63, 3.8) is 0 Å². The lowest BCUT2D eigenvalue weighted by Crippen LogP contribution is -2.55. The summed E-state index contributed by atoms with van der Waals surface area (Å²) in [5, 5.41) is 155. The van der Waals surface area contributed by atoms with Gasteiger partial charge in [0.15, 0.2) is 11.6 Å². The molecule has 0 aromatic rings. The Bertz CT molecular complexity index is 1570. The number of rotatable bonds is 33. The first-order valence-electron chi connectivity index (χ1n) is 18.9. The van der Waals surface area contributed by atoms with E-state index < -0.39 is 201 Å². The molecule has 0 saturated heterocycles. The summed E-state index contributed by atoms with van der Waals surface area (Å²) in [6.45, 7) is -2.33. The van der Waals surface area contributed by atoms with Crippen LogP contribution in [0.15, 0.2) is 0 Å². The third-order valence-electron chi connectivity index (χ3n) is 9.69. The largest absolute Gasteiger partial charge is 0.481 e. The number of aliphatic carboxylic acids is 3. The van der Waals surface area contributed by atoms with Gasteiger partial charge in [-0.25, -0.2) is 4.79 Å². The Morgan fingerprint density at radius 1 is 0.444 bits per heavy atom. The van der Waals surface area contributed by atoms with Crippen LogP contribution in [0.4, 0.5) is 0 Å². The molecule has 15 atom stereocenters. The molecule has 0 aromatic heterocycles. The molecule has 0 fully saturated rings. The van der Waals surface area contributed by atoms with E-state index in [1.54, 1.807) is 0 Å². The van der Waals surface area contributed by atoms with Crippen LogP contribution in [0.25, 0.3) is 0 Å². The van der Waals surface area contributed by atoms with Crippen LogP contribution in [0.3, 0.4) is 0 Å². The maximum absolute atomic E-state index is 13.8. The van der Waals surface area contributed by atoms with Gasteiger partial charge in [0.1, 0.15) is 48.4 Å². The molecule has 28 heteroatoms. The molecule has 362 valence electrons. The normalized spacial score (nSPS) is 18.8. The summed E-state index contributed by atoms with van der Waals surface area (Å²) in [5.41, 5.74) is 0. The minimum Gasteiger partial charge on any atom is -0.481 e. The van der Waals surface area contributed by atoms with Crippen LogP contribution in [-0.4, -0.2) is 228 Å². The minimum absolute atomic E-state index is 0.251. The Hall–Kier alpha value is -4.30. The number of carboxylic acids is 3. The molecular formula is C35H57N3O24S. The van der Waals surface area contributed by atoms with Gasteiger partial charge in [0.2, 0.25) is 17.7 Å². The van der Waals surface area contributed by atoms with Gasteiger partial charge in [-0.2, -0.15) is 12.6 Å². The van der Waals surface area contributed by atoms with E-state index >= 15 is 0 Å². The predicted molar refractivity (Wildman–Crippen MR) is 207 cm³/mol. The number of nitrogens with one attached hydrogen (secondary N) is 3. The Kier molecular flexibility index (Phi) is 26.5. The van der Waals surface area contributed by atoms with Gasteiger partial charge in [-0.05, 0) is 0 Å². The van der Waals surface area contributed by atoms with Crippen LogP contribution in [-0.2, 0) is 43.2 Å². The lowest BCUT2D eigenvalue weighted by Gasteiger charge is -2.31. The number of carbonyl (C=O) groups excluding carboxylic acids is 6. The first kappa shape index (κ1) is 58.7. The molecule has 0 aliphatic carbocycles. The van der Waals surface area contributed by atoms with Crippen LogP contribution >= 0.6 is 12.6 Å². The number of thiol groups is 1. The fourth-order valence-electron chi connectivity index (χ4n) is 5.80. The number of aliphatic hydroxyl groups excluding tert-OH is 12. The second-order valence-electron chi connectivity index (χ2n) is 14.4. The fraction of sp³-hybridized carbons (Fsp3) is 0.743. The fourth-order valence-corrected chi connectivity index (χ4v) is 6.04. The Morgan fingerprint density at radius 2 is 0.730 bits per heavy atom. The smallest absolute Gasteiger partial charge is 0.327 e. The van der Waals surface area contributed by atoms with Crippen molar-refractivity contribution >= 4 is 65.6 Å². The molecule has 63 heavy (non-hydrogen) atoms. The minimum atomic E-state index is -2.67. The van der Waals surface area contributed by atoms with Crippen LogP contribution in [0.5, 0.6) is 0 Å². The number of carbonyl (C=O) groups is 9. The molecule has 0 rings (SSSR count). The summed E-state index contributed by atoms with van der Waals surface area (Å²) in [7, 11) is 0. The number of amides is 3. The molecule has 0 heterocycles. The second kappa shape index (κ2) is 28.5. The number of hydrogen-bond acceptors (Lipinski definition) is 22. The highest BCUT2D eigenvalue weighted by molar-refractivity contribution is 7.80. The van der Waals surface area contributed by atoms with Crippen LogP contribution < -0.4 is 16.0 Å². The SMILES string of the molecule is CCC(=O)C[C@H](C(=O)N[C@@H](CC(=O)O)C(=O)C[C@H](C(=O)N[C@@H](CC(=O)O)C(=O)C[C@H](C(=O)N[C@H](CS)C(=O)O)[C@@H](O)[C@H](O)[C@H](O)CO)[C@@H](O)[C@H](O)[C@H](O)CO)[C@@H](O)[C@H](O)[C@H](O)CO. The van der Waals surface area contributed by atoms with Crippen molar-refractivity contribution in [3.05, 3.63) is 0 Å². The maximum atomic E-state index is 13.8. The highest BCUT2D eigenvalue weighted by atomic mass is 32.1. The van der Waals surface area contributed by atoms with E-state index in [-0.39, 0.29) is 6.42 Å². The molecule has 27 nitrogen and oxygen atoms in total. The molecule has 0 bridgehead atoms. The van der Waals surface area contributed by atoms with Crippen molar-refractivity contribution in [2.75, 3.05) is 25.6 Å². The van der Waals surface area contributed by atoms with Gasteiger partial charge < -0.3 is 92.5 Å². The molecule has 0 radical (unpaired) electrons. The molecule has 0 aliphatic rings. The molecule has 0 aliphatic heterocycles. The third kappa shape index (κ3) is 18.8. The molecular weight excluding hydrogens is 878 g/mol. The Morgan fingerprint density at radius 3 is 0.968 bits per heavy atom. The highest BCUT2D eigenvalue weighted by Crippen LogP contribution is 2.23. The first-order chi connectivity index (χ1) is 29.2. The zero-order chi connectivity index (χ0) is 49.0. The number of hydrogen-bond donors (Lipinski definition) is 19. The summed E-state index contributed by atoms with van der Waals surface area (Å²) in [6, 6.07) is -6.42. The van der Waals surface area contributed by atoms with Crippen molar-refractivity contribution in [3.8, 4) is 0 Å². The number of Topliss-reactive ketones (excluding diaryl/α,β-unsaturated/α-hetero) is 3. The number of aliphatic hydroxyl groups is 12. The second-order valence-corrected chi connectivity index (χ2v) is 14.7. The molecule has 0 saturated carbocycles. The Balaban J connectivity index is 7.14. The van der Waals surface area contributed by atoms with Gasteiger partial charge in [0, 0.05) is 31.4 Å². The van der Waals surface area contributed by atoms with Gasteiger partial charge in [-0.15, -0.1) is 0 Å². The van der Waals surface area contributed by atoms with Gasteiger partial charge >= 0.3 is 17.9 Å². The first-order valence-corrected chi connectivity index (χ1v) is 19.6. The number of ketones is 3. The lowest BCUT2D eigenvalue weighted by molar-refractivity contribution is -0.149. The van der Waals surface area contributed by atoms with Crippen molar-refractivity contribution in [2.45, 2.75) is 119 Å². The topological polar surface area (TPSA) is 493 Å². The summed E-state index contributed by atoms with van der Waals surface area (Å²) < 4.78 is 0. The van der Waals surface area contributed by atoms with Crippen LogP contribution in [0.1, 0.15) is 45.4 Å². The van der Waals surface area contributed by atoms with Gasteiger partial charge in [-0.3, -0.25) is 38.4 Å².